The third-order valence-electron chi connectivity index (χ3n) is 5.07. The van der Waals surface area contributed by atoms with E-state index in [1.54, 1.807) is 6.08 Å². The molecule has 2 N–H and O–H groups in total. The van der Waals surface area contributed by atoms with Gasteiger partial charge < -0.3 is 15.3 Å². The fourth-order valence-corrected chi connectivity index (χ4v) is 3.63. The number of carboxylic acid groups (broad SMARTS) is 1. The van der Waals surface area contributed by atoms with Gasteiger partial charge >= 0.3 is 12.1 Å². The van der Waals surface area contributed by atoms with E-state index in [1.807, 2.05) is 6.08 Å². The number of hydrogen-bond acceptors (Lipinski definition) is 3. The van der Waals surface area contributed by atoms with Gasteiger partial charge in [-0.1, -0.05) is 12.2 Å². The highest BCUT2D eigenvalue weighted by molar-refractivity contribution is 5.98. The zero-order valence-electron chi connectivity index (χ0n) is 14.8. The molecule has 2 aliphatic rings. The Kier molecular flexibility index (Phi) is 5.44. The van der Waals surface area contributed by atoms with E-state index in [0.717, 1.165) is 24.3 Å². The number of fused-ring (bicyclic) bond motifs is 1. The Morgan fingerprint density at radius 1 is 1.07 bits per heavy atom. The lowest BCUT2D eigenvalue weighted by Crippen LogP contribution is -2.54. The lowest BCUT2D eigenvalue weighted by Gasteiger charge is -2.32. The van der Waals surface area contributed by atoms with Crippen molar-refractivity contribution in [2.75, 3.05) is 0 Å². The van der Waals surface area contributed by atoms with Gasteiger partial charge in [-0.05, 0) is 49.9 Å². The third kappa shape index (κ3) is 4.02. The van der Waals surface area contributed by atoms with Crippen molar-refractivity contribution in [2.45, 2.75) is 50.0 Å². The Morgan fingerprint density at radius 3 is 2.32 bits per heavy atom. The van der Waals surface area contributed by atoms with Crippen molar-refractivity contribution in [3.63, 3.8) is 0 Å². The molecule has 0 radical (unpaired) electrons. The van der Waals surface area contributed by atoms with Crippen molar-refractivity contribution in [3.05, 3.63) is 47.5 Å². The molecule has 0 unspecified atom stereocenters. The van der Waals surface area contributed by atoms with Crippen molar-refractivity contribution in [1.82, 2.24) is 10.2 Å². The van der Waals surface area contributed by atoms with E-state index in [9.17, 15) is 32.7 Å². The second-order valence-electron chi connectivity index (χ2n) is 6.87. The molecule has 1 fully saturated rings. The molecule has 0 bridgehead atoms. The molecule has 1 saturated heterocycles. The zero-order valence-corrected chi connectivity index (χ0v) is 14.8. The number of alkyl halides is 3. The van der Waals surface area contributed by atoms with Crippen molar-refractivity contribution in [1.29, 1.82) is 0 Å². The molecule has 2 amide bonds. The number of rotatable bonds is 3. The summed E-state index contributed by atoms with van der Waals surface area (Å²) >= 11 is 0. The standard InChI is InChI=1S/C19H19F3N2O4/c20-19(21,22)12-7-5-11(6-8-12)16(25)23-14-4-2-1-3-13-9-10-15(18(27)28)24(13)17(14)26/h1-2,5-8,13-15H,3-4,9-10H2,(H,23,25)(H,27,28)/b2-1-/t13-,14+,15+/m1/s1. The van der Waals surface area contributed by atoms with Gasteiger partial charge in [0.1, 0.15) is 12.1 Å². The number of aliphatic carboxylic acids is 1. The molecule has 3 rings (SSSR count). The summed E-state index contributed by atoms with van der Waals surface area (Å²) < 4.78 is 37.9. The fourth-order valence-electron chi connectivity index (χ4n) is 3.63. The number of amides is 2. The monoisotopic (exact) mass is 396 g/mol. The van der Waals surface area contributed by atoms with Crippen LogP contribution >= 0.6 is 0 Å². The summed E-state index contributed by atoms with van der Waals surface area (Å²) in [6.45, 7) is 0. The van der Waals surface area contributed by atoms with Crippen LogP contribution < -0.4 is 5.32 Å². The first-order valence-corrected chi connectivity index (χ1v) is 8.86. The topological polar surface area (TPSA) is 86.7 Å². The van der Waals surface area contributed by atoms with Crippen LogP contribution in [0.3, 0.4) is 0 Å². The Labute approximate surface area is 159 Å². The van der Waals surface area contributed by atoms with E-state index in [0.29, 0.717) is 19.3 Å². The number of carboxylic acids is 1. The fraction of sp³-hybridized carbons (Fsp3) is 0.421. The zero-order chi connectivity index (χ0) is 20.5. The maximum atomic E-state index is 12.9. The van der Waals surface area contributed by atoms with E-state index >= 15 is 0 Å². The van der Waals surface area contributed by atoms with Gasteiger partial charge in [-0.3, -0.25) is 9.59 Å². The molecule has 2 aliphatic heterocycles. The Hall–Kier alpha value is -2.84. The number of carbonyl (C=O) groups excluding carboxylic acids is 2. The van der Waals surface area contributed by atoms with E-state index in [4.69, 9.17) is 0 Å². The van der Waals surface area contributed by atoms with Gasteiger partial charge in [-0.15, -0.1) is 0 Å². The van der Waals surface area contributed by atoms with Crippen LogP contribution in [-0.2, 0) is 15.8 Å². The minimum atomic E-state index is -4.51. The van der Waals surface area contributed by atoms with E-state index in [-0.39, 0.29) is 18.0 Å². The van der Waals surface area contributed by atoms with Gasteiger partial charge in [0.15, 0.2) is 0 Å². The summed E-state index contributed by atoms with van der Waals surface area (Å²) in [6.07, 6.45) is 0.736. The number of nitrogens with zero attached hydrogens (tertiary/aromatic N) is 1. The maximum Gasteiger partial charge on any atom is 0.416 e. The average Bonchev–Trinajstić information content (AvgIpc) is 3.05. The molecule has 150 valence electrons. The van der Waals surface area contributed by atoms with Crippen molar-refractivity contribution in [3.8, 4) is 0 Å². The van der Waals surface area contributed by atoms with Gasteiger partial charge in [0, 0.05) is 11.6 Å². The summed E-state index contributed by atoms with van der Waals surface area (Å²) in [5, 5.41) is 11.9. The highest BCUT2D eigenvalue weighted by Gasteiger charge is 2.43. The number of hydrogen-bond donors (Lipinski definition) is 2. The summed E-state index contributed by atoms with van der Waals surface area (Å²) in [5.74, 6) is -2.27. The Balaban J connectivity index is 1.77. The molecule has 0 spiro atoms. The van der Waals surface area contributed by atoms with Crippen LogP contribution in [0.5, 0.6) is 0 Å². The predicted molar refractivity (Wildman–Crippen MR) is 92.4 cm³/mol. The second kappa shape index (κ2) is 7.65. The summed E-state index contributed by atoms with van der Waals surface area (Å²) in [6, 6.07) is 1.52. The minimum absolute atomic E-state index is 0.0143. The van der Waals surface area contributed by atoms with E-state index < -0.39 is 41.6 Å². The molecule has 1 aromatic carbocycles. The molecule has 6 nitrogen and oxygen atoms in total. The summed E-state index contributed by atoms with van der Waals surface area (Å²) in [7, 11) is 0. The maximum absolute atomic E-state index is 12.9. The second-order valence-corrected chi connectivity index (χ2v) is 6.87. The van der Waals surface area contributed by atoms with Gasteiger partial charge in [0.25, 0.3) is 5.91 Å². The molecule has 3 atom stereocenters. The smallest absolute Gasteiger partial charge is 0.416 e. The van der Waals surface area contributed by atoms with Crippen LogP contribution in [0.15, 0.2) is 36.4 Å². The molecule has 9 heteroatoms. The van der Waals surface area contributed by atoms with Crippen molar-refractivity contribution < 1.29 is 32.7 Å². The number of halogens is 3. The van der Waals surface area contributed by atoms with Gasteiger partial charge in [-0.2, -0.15) is 13.2 Å². The first-order chi connectivity index (χ1) is 13.2. The molecule has 2 heterocycles. The SMILES string of the molecule is O=C(N[C@H]1C/C=C\C[C@@H]2CC[C@@H](C(=O)O)N2C1=O)c1ccc(C(F)(F)F)cc1. The highest BCUT2D eigenvalue weighted by atomic mass is 19.4. The van der Waals surface area contributed by atoms with Gasteiger partial charge in [0.2, 0.25) is 5.91 Å². The summed E-state index contributed by atoms with van der Waals surface area (Å²) in [5.41, 5.74) is -0.891. The highest BCUT2D eigenvalue weighted by Crippen LogP contribution is 2.30. The Bertz CT molecular complexity index is 804. The van der Waals surface area contributed by atoms with E-state index in [1.165, 1.54) is 4.90 Å². The largest absolute Gasteiger partial charge is 0.480 e. The van der Waals surface area contributed by atoms with Crippen LogP contribution in [0.25, 0.3) is 0 Å². The van der Waals surface area contributed by atoms with Crippen molar-refractivity contribution in [2.24, 2.45) is 0 Å². The molecule has 0 aromatic heterocycles. The quantitative estimate of drug-likeness (QED) is 0.769. The van der Waals surface area contributed by atoms with Crippen molar-refractivity contribution >= 4 is 17.8 Å². The van der Waals surface area contributed by atoms with Gasteiger partial charge in [0.05, 0.1) is 5.56 Å². The molecule has 1 aromatic rings. The van der Waals surface area contributed by atoms with E-state index in [2.05, 4.69) is 5.32 Å². The predicted octanol–water partition coefficient (Wildman–Crippen LogP) is 2.60. The lowest BCUT2D eigenvalue weighted by atomic mass is 10.0. The molecular weight excluding hydrogens is 377 g/mol. The molecular formula is C19H19F3N2O4. The first-order valence-electron chi connectivity index (χ1n) is 8.86. The van der Waals surface area contributed by atoms with Crippen LogP contribution in [0.4, 0.5) is 13.2 Å². The number of benzene rings is 1. The number of nitrogens with one attached hydrogen (secondary N) is 1. The van der Waals surface area contributed by atoms with Crippen LogP contribution in [0, 0.1) is 0 Å². The summed E-state index contributed by atoms with van der Waals surface area (Å²) in [4.78, 5) is 38.1. The van der Waals surface area contributed by atoms with Crippen LogP contribution in [-0.4, -0.2) is 45.9 Å². The number of carbonyl (C=O) groups is 3. The molecule has 0 saturated carbocycles. The third-order valence-corrected chi connectivity index (χ3v) is 5.07. The Morgan fingerprint density at radius 2 is 1.71 bits per heavy atom. The van der Waals surface area contributed by atoms with Crippen LogP contribution in [0.2, 0.25) is 0 Å². The lowest BCUT2D eigenvalue weighted by molar-refractivity contribution is -0.150. The minimum Gasteiger partial charge on any atom is -0.480 e. The van der Waals surface area contributed by atoms with Gasteiger partial charge in [-0.25, -0.2) is 4.79 Å². The van der Waals surface area contributed by atoms with Crippen LogP contribution in [0.1, 0.15) is 41.6 Å². The average molecular weight is 396 g/mol. The molecule has 0 aliphatic carbocycles. The molecule has 28 heavy (non-hydrogen) atoms. The first kappa shape index (κ1) is 19.9. The normalized spacial score (nSPS) is 26.2.